The van der Waals surface area contributed by atoms with E-state index in [0.717, 1.165) is 45.3 Å². The van der Waals surface area contributed by atoms with E-state index in [2.05, 4.69) is 31.0 Å². The van der Waals surface area contributed by atoms with E-state index in [1.165, 1.54) is 0 Å². The summed E-state index contributed by atoms with van der Waals surface area (Å²) in [4.78, 5) is 14.6. The van der Waals surface area contributed by atoms with Crippen LogP contribution in [0.3, 0.4) is 0 Å². The van der Waals surface area contributed by atoms with E-state index < -0.39 is 0 Å². The van der Waals surface area contributed by atoms with Crippen LogP contribution in [0.5, 0.6) is 0 Å². The van der Waals surface area contributed by atoms with Crippen molar-refractivity contribution in [1.82, 2.24) is 10.2 Å². The zero-order valence-corrected chi connectivity index (χ0v) is 13.0. The van der Waals surface area contributed by atoms with Crippen molar-refractivity contribution in [1.29, 1.82) is 0 Å². The van der Waals surface area contributed by atoms with Crippen LogP contribution in [-0.2, 0) is 4.79 Å². The summed E-state index contributed by atoms with van der Waals surface area (Å²) in [6.45, 7) is 11.2. The van der Waals surface area contributed by atoms with E-state index in [1.807, 2.05) is 6.92 Å². The highest BCUT2D eigenvalue weighted by Gasteiger charge is 2.37. The van der Waals surface area contributed by atoms with Crippen LogP contribution in [0.1, 0.15) is 53.4 Å². The maximum atomic E-state index is 12.2. The molecular formula is C15H31N3O. The topological polar surface area (TPSA) is 58.4 Å². The van der Waals surface area contributed by atoms with Gasteiger partial charge < -0.3 is 11.1 Å². The number of nitrogens with two attached hydrogens (primary N) is 1. The molecule has 2 unspecified atom stereocenters. The molecule has 0 heterocycles. The van der Waals surface area contributed by atoms with E-state index in [-0.39, 0.29) is 17.4 Å². The second-order valence-corrected chi connectivity index (χ2v) is 6.32. The van der Waals surface area contributed by atoms with Gasteiger partial charge in [-0.25, -0.2) is 0 Å². The molecule has 1 aliphatic rings. The number of nitrogens with zero attached hydrogens (tertiary/aromatic N) is 1. The molecule has 0 aliphatic heterocycles. The number of nitrogens with one attached hydrogen (secondary N) is 1. The fourth-order valence-electron chi connectivity index (χ4n) is 3.02. The second kappa shape index (κ2) is 7.25. The van der Waals surface area contributed by atoms with E-state index >= 15 is 0 Å². The van der Waals surface area contributed by atoms with Gasteiger partial charge in [0.25, 0.3) is 0 Å². The van der Waals surface area contributed by atoms with Crippen LogP contribution in [0.2, 0.25) is 0 Å². The molecule has 4 heteroatoms. The highest BCUT2D eigenvalue weighted by atomic mass is 16.1. The van der Waals surface area contributed by atoms with Crippen LogP contribution >= 0.6 is 0 Å². The van der Waals surface area contributed by atoms with E-state index in [4.69, 9.17) is 5.73 Å². The molecule has 0 spiro atoms. The van der Waals surface area contributed by atoms with Crippen LogP contribution in [0.4, 0.5) is 0 Å². The molecule has 0 saturated heterocycles. The highest BCUT2D eigenvalue weighted by molar-refractivity contribution is 5.80. The maximum absolute atomic E-state index is 12.2. The largest absolute Gasteiger partial charge is 0.355 e. The third-order valence-corrected chi connectivity index (χ3v) is 4.41. The zero-order chi connectivity index (χ0) is 14.5. The van der Waals surface area contributed by atoms with Gasteiger partial charge in [-0.2, -0.15) is 0 Å². The fourth-order valence-corrected chi connectivity index (χ4v) is 3.02. The monoisotopic (exact) mass is 269 g/mol. The first-order valence-corrected chi connectivity index (χ1v) is 7.69. The zero-order valence-electron chi connectivity index (χ0n) is 13.0. The Morgan fingerprint density at radius 2 is 2.16 bits per heavy atom. The van der Waals surface area contributed by atoms with Gasteiger partial charge in [-0.15, -0.1) is 0 Å². The number of likely N-dealkylation sites (N-methyl/N-ethyl adjacent to an activating group) is 1. The SMILES string of the molecule is CCN(CCNC(=O)C1CCCCC1(C)N)C(C)C. The van der Waals surface area contributed by atoms with Crippen LogP contribution < -0.4 is 11.1 Å². The maximum Gasteiger partial charge on any atom is 0.225 e. The average molecular weight is 269 g/mol. The molecule has 1 rings (SSSR count). The van der Waals surface area contributed by atoms with Crippen molar-refractivity contribution in [3.63, 3.8) is 0 Å². The van der Waals surface area contributed by atoms with Crippen molar-refractivity contribution < 1.29 is 4.79 Å². The van der Waals surface area contributed by atoms with Gasteiger partial charge >= 0.3 is 0 Å². The number of rotatable bonds is 6. The lowest BCUT2D eigenvalue weighted by Crippen LogP contribution is -2.53. The normalized spacial score (nSPS) is 27.8. The average Bonchev–Trinajstić information content (AvgIpc) is 2.33. The third-order valence-electron chi connectivity index (χ3n) is 4.41. The molecule has 0 radical (unpaired) electrons. The third kappa shape index (κ3) is 4.77. The smallest absolute Gasteiger partial charge is 0.225 e. The summed E-state index contributed by atoms with van der Waals surface area (Å²) in [5.41, 5.74) is 5.93. The van der Waals surface area contributed by atoms with Crippen molar-refractivity contribution in [2.75, 3.05) is 19.6 Å². The number of carbonyl (C=O) groups is 1. The quantitative estimate of drug-likeness (QED) is 0.772. The molecule has 0 bridgehead atoms. The number of hydrogen-bond acceptors (Lipinski definition) is 3. The molecule has 2 atom stereocenters. The standard InChI is InChI=1S/C15H31N3O/c1-5-18(12(2)3)11-10-17-14(19)13-8-6-7-9-15(13,4)16/h12-13H,5-11,16H2,1-4H3,(H,17,19). The summed E-state index contributed by atoms with van der Waals surface area (Å²) in [5.74, 6) is 0.125. The van der Waals surface area contributed by atoms with Crippen molar-refractivity contribution in [3.8, 4) is 0 Å². The lowest BCUT2D eigenvalue weighted by Gasteiger charge is -2.37. The lowest BCUT2D eigenvalue weighted by atomic mass is 9.74. The summed E-state index contributed by atoms with van der Waals surface area (Å²) in [5, 5.41) is 3.07. The highest BCUT2D eigenvalue weighted by Crippen LogP contribution is 2.31. The van der Waals surface area contributed by atoms with Gasteiger partial charge in [0.2, 0.25) is 5.91 Å². The van der Waals surface area contributed by atoms with Crippen molar-refractivity contribution >= 4 is 5.91 Å². The van der Waals surface area contributed by atoms with Crippen LogP contribution in [0, 0.1) is 5.92 Å². The molecule has 1 fully saturated rings. The van der Waals surface area contributed by atoms with Gasteiger partial charge in [0.1, 0.15) is 0 Å². The Balaban J connectivity index is 2.38. The Morgan fingerprint density at radius 3 is 2.68 bits per heavy atom. The summed E-state index contributed by atoms with van der Waals surface area (Å²) >= 11 is 0. The summed E-state index contributed by atoms with van der Waals surface area (Å²) < 4.78 is 0. The van der Waals surface area contributed by atoms with Gasteiger partial charge in [-0.1, -0.05) is 19.8 Å². The minimum atomic E-state index is -0.329. The Bertz CT molecular complexity index is 289. The Kier molecular flexibility index (Phi) is 6.27. The van der Waals surface area contributed by atoms with Crippen molar-refractivity contribution in [3.05, 3.63) is 0 Å². The summed E-state index contributed by atoms with van der Waals surface area (Å²) in [7, 11) is 0. The Morgan fingerprint density at radius 1 is 1.47 bits per heavy atom. The number of hydrogen-bond donors (Lipinski definition) is 2. The molecule has 1 amide bonds. The lowest BCUT2D eigenvalue weighted by molar-refractivity contribution is -0.128. The van der Waals surface area contributed by atoms with E-state index in [0.29, 0.717) is 6.04 Å². The van der Waals surface area contributed by atoms with E-state index in [1.54, 1.807) is 0 Å². The molecule has 1 aliphatic carbocycles. The number of carbonyl (C=O) groups excluding carboxylic acids is 1. The van der Waals surface area contributed by atoms with Gasteiger partial charge in [0, 0.05) is 24.7 Å². The minimum absolute atomic E-state index is 0.0182. The van der Waals surface area contributed by atoms with Gasteiger partial charge in [0.05, 0.1) is 5.92 Å². The Labute approximate surface area is 118 Å². The van der Waals surface area contributed by atoms with E-state index in [9.17, 15) is 4.79 Å². The van der Waals surface area contributed by atoms with Crippen LogP contribution in [-0.4, -0.2) is 42.0 Å². The first kappa shape index (κ1) is 16.4. The Hall–Kier alpha value is -0.610. The van der Waals surface area contributed by atoms with Crippen molar-refractivity contribution in [2.24, 2.45) is 11.7 Å². The molecule has 0 aromatic carbocycles. The molecular weight excluding hydrogens is 238 g/mol. The van der Waals surface area contributed by atoms with Crippen LogP contribution in [0.25, 0.3) is 0 Å². The molecule has 0 aromatic rings. The predicted molar refractivity (Wildman–Crippen MR) is 79.9 cm³/mol. The second-order valence-electron chi connectivity index (χ2n) is 6.32. The first-order valence-electron chi connectivity index (χ1n) is 7.69. The summed E-state index contributed by atoms with van der Waals surface area (Å²) in [6.07, 6.45) is 4.16. The predicted octanol–water partition coefficient (Wildman–Crippen LogP) is 1.74. The molecule has 3 N–H and O–H groups in total. The molecule has 4 nitrogen and oxygen atoms in total. The minimum Gasteiger partial charge on any atom is -0.355 e. The van der Waals surface area contributed by atoms with Crippen LogP contribution in [0.15, 0.2) is 0 Å². The van der Waals surface area contributed by atoms with Gasteiger partial charge in [-0.05, 0) is 40.2 Å². The fraction of sp³-hybridized carbons (Fsp3) is 0.933. The molecule has 19 heavy (non-hydrogen) atoms. The summed E-state index contributed by atoms with van der Waals surface area (Å²) in [6, 6.07) is 0.524. The molecule has 112 valence electrons. The van der Waals surface area contributed by atoms with Gasteiger partial charge in [-0.3, -0.25) is 9.69 Å². The first-order chi connectivity index (χ1) is 8.88. The molecule has 0 aromatic heterocycles. The van der Waals surface area contributed by atoms with Gasteiger partial charge in [0.15, 0.2) is 0 Å². The molecule has 1 saturated carbocycles. The number of amides is 1. The van der Waals surface area contributed by atoms with Crippen molar-refractivity contribution in [2.45, 2.75) is 65.0 Å².